The van der Waals surface area contributed by atoms with Crippen LogP contribution >= 0.6 is 24.0 Å². The van der Waals surface area contributed by atoms with Crippen LogP contribution in [-0.2, 0) is 4.79 Å². The fourth-order valence-electron chi connectivity index (χ4n) is 2.83. The van der Waals surface area contributed by atoms with Crippen LogP contribution in [0.3, 0.4) is 0 Å². The first kappa shape index (κ1) is 24.1. The zero-order valence-electron chi connectivity index (χ0n) is 17.3. The molecule has 0 bridgehead atoms. The molecule has 0 aromatic heterocycles. The Hall–Kier alpha value is -1.97. The van der Waals surface area contributed by atoms with Gasteiger partial charge in [-0.1, -0.05) is 24.3 Å². The van der Waals surface area contributed by atoms with Crippen molar-refractivity contribution in [2.75, 3.05) is 65.4 Å². The first-order valence-electron chi connectivity index (χ1n) is 9.18. The zero-order valence-corrected chi connectivity index (χ0v) is 19.6. The lowest BCUT2D eigenvalue weighted by atomic mass is 10.2. The lowest BCUT2D eigenvalue weighted by molar-refractivity contribution is -0.127. The van der Waals surface area contributed by atoms with Crippen LogP contribution in [0.15, 0.2) is 41.4 Å². The number of carbonyl (C=O) groups is 1. The minimum absolute atomic E-state index is 0. The van der Waals surface area contributed by atoms with E-state index in [4.69, 9.17) is 4.74 Å². The summed E-state index contributed by atoms with van der Waals surface area (Å²) in [4.78, 5) is 22.5. The van der Waals surface area contributed by atoms with E-state index in [2.05, 4.69) is 32.8 Å². The van der Waals surface area contributed by atoms with Crippen LogP contribution in [0.2, 0.25) is 0 Å². The average molecular weight is 501 g/mol. The third kappa shape index (κ3) is 6.88. The number of hydrogen-bond acceptors (Lipinski definition) is 4. The molecule has 1 aliphatic heterocycles. The summed E-state index contributed by atoms with van der Waals surface area (Å²) >= 11 is 0. The predicted octanol–water partition coefficient (Wildman–Crippen LogP) is 2.05. The first-order valence-corrected chi connectivity index (χ1v) is 9.18. The first-order chi connectivity index (χ1) is 12.9. The maximum atomic E-state index is 11.9. The van der Waals surface area contributed by atoms with Gasteiger partial charge in [-0.05, 0) is 19.1 Å². The number of nitrogens with one attached hydrogen (secondary N) is 1. The fraction of sp³-hybridized carbons (Fsp3) is 0.500. The second-order valence-electron chi connectivity index (χ2n) is 6.88. The maximum absolute atomic E-state index is 11.9. The maximum Gasteiger partial charge on any atom is 0.243 e. The van der Waals surface area contributed by atoms with Crippen molar-refractivity contribution in [2.24, 2.45) is 4.99 Å². The lowest BCUT2D eigenvalue weighted by Gasteiger charge is -2.38. The second kappa shape index (κ2) is 11.8. The van der Waals surface area contributed by atoms with Gasteiger partial charge in [-0.3, -0.25) is 4.79 Å². The summed E-state index contributed by atoms with van der Waals surface area (Å²) in [5.41, 5.74) is 2.13. The van der Waals surface area contributed by atoms with E-state index in [-0.39, 0.29) is 36.4 Å². The zero-order chi connectivity index (χ0) is 19.8. The number of ether oxygens (including phenoxy) is 1. The molecule has 0 radical (unpaired) electrons. The molecule has 0 atom stereocenters. The van der Waals surface area contributed by atoms with Crippen LogP contribution in [0.1, 0.15) is 6.92 Å². The summed E-state index contributed by atoms with van der Waals surface area (Å²) < 4.78 is 5.48. The highest BCUT2D eigenvalue weighted by molar-refractivity contribution is 14.0. The molecule has 1 fully saturated rings. The highest BCUT2D eigenvalue weighted by atomic mass is 127. The van der Waals surface area contributed by atoms with Gasteiger partial charge in [-0.25, -0.2) is 4.99 Å². The minimum atomic E-state index is -0.0164. The van der Waals surface area contributed by atoms with Crippen molar-refractivity contribution in [2.45, 2.75) is 6.92 Å². The molecule has 28 heavy (non-hydrogen) atoms. The van der Waals surface area contributed by atoms with Gasteiger partial charge in [0.05, 0.1) is 12.8 Å². The van der Waals surface area contributed by atoms with Crippen molar-refractivity contribution in [1.82, 2.24) is 15.1 Å². The van der Waals surface area contributed by atoms with Gasteiger partial charge in [0, 0.05) is 46.8 Å². The van der Waals surface area contributed by atoms with Gasteiger partial charge in [-0.2, -0.15) is 0 Å². The number of rotatable bonds is 6. The van der Waals surface area contributed by atoms with Gasteiger partial charge in [0.15, 0.2) is 5.96 Å². The number of piperazine rings is 1. The molecule has 0 unspecified atom stereocenters. The number of guanidine groups is 1. The van der Waals surface area contributed by atoms with Crippen molar-refractivity contribution in [3.05, 3.63) is 36.4 Å². The number of amides is 1. The molecular formula is C20H32IN5O2. The van der Waals surface area contributed by atoms with Crippen molar-refractivity contribution in [1.29, 1.82) is 0 Å². The Morgan fingerprint density at radius 2 is 1.89 bits per heavy atom. The molecule has 0 saturated carbocycles. The van der Waals surface area contributed by atoms with Crippen molar-refractivity contribution >= 4 is 41.5 Å². The molecular weight excluding hydrogens is 469 g/mol. The fourth-order valence-corrected chi connectivity index (χ4v) is 2.83. The second-order valence-corrected chi connectivity index (χ2v) is 6.88. The van der Waals surface area contributed by atoms with Crippen LogP contribution in [0.4, 0.5) is 5.69 Å². The Labute approximate surface area is 185 Å². The van der Waals surface area contributed by atoms with Crippen molar-refractivity contribution in [3.8, 4) is 5.75 Å². The molecule has 1 saturated heterocycles. The average Bonchev–Trinajstić information content (AvgIpc) is 2.67. The molecule has 8 heteroatoms. The normalized spacial score (nSPS) is 14.2. The smallest absolute Gasteiger partial charge is 0.243 e. The van der Waals surface area contributed by atoms with E-state index < -0.39 is 0 Å². The highest BCUT2D eigenvalue weighted by Crippen LogP contribution is 2.28. The van der Waals surface area contributed by atoms with Gasteiger partial charge < -0.3 is 24.8 Å². The predicted molar refractivity (Wildman–Crippen MR) is 126 cm³/mol. The van der Waals surface area contributed by atoms with E-state index in [0.29, 0.717) is 6.54 Å². The summed E-state index contributed by atoms with van der Waals surface area (Å²) in [5, 5.41) is 3.32. The number of anilines is 1. The van der Waals surface area contributed by atoms with E-state index in [0.717, 1.165) is 49.1 Å². The van der Waals surface area contributed by atoms with E-state index >= 15 is 0 Å². The summed E-state index contributed by atoms with van der Waals surface area (Å²) in [6, 6.07) is 8.07. The standard InChI is InChI=1S/C20H31N5O2.HI/c1-16(2)14-21-20(22-15-19(26)23(3)4)25-12-10-24(11-13-25)17-8-6-7-9-18(17)27-5;/h6-9H,1,10-15H2,2-5H3,(H,21,22);1H. The largest absolute Gasteiger partial charge is 0.495 e. The summed E-state index contributed by atoms with van der Waals surface area (Å²) in [5.74, 6) is 1.63. The van der Waals surface area contributed by atoms with Crippen LogP contribution in [0.5, 0.6) is 5.75 Å². The molecule has 0 aliphatic carbocycles. The highest BCUT2D eigenvalue weighted by Gasteiger charge is 2.22. The van der Waals surface area contributed by atoms with E-state index in [9.17, 15) is 4.79 Å². The SMILES string of the molecule is C=C(C)CNC(=NCC(=O)N(C)C)N1CCN(c2ccccc2OC)CC1.I. The number of aliphatic imine (C=N–C) groups is 1. The molecule has 1 aliphatic rings. The number of carbonyl (C=O) groups excluding carboxylic acids is 1. The van der Waals surface area contributed by atoms with Crippen LogP contribution in [-0.4, -0.2) is 82.1 Å². The molecule has 156 valence electrons. The topological polar surface area (TPSA) is 60.4 Å². The van der Waals surface area contributed by atoms with E-state index in [1.165, 1.54) is 0 Å². The van der Waals surface area contributed by atoms with Gasteiger partial charge in [0.1, 0.15) is 12.3 Å². The Balaban J connectivity index is 0.00000392. The Morgan fingerprint density at radius 3 is 2.46 bits per heavy atom. The molecule has 1 N–H and O–H groups in total. The Kier molecular flexibility index (Phi) is 10.1. The molecule has 1 amide bonds. The van der Waals surface area contributed by atoms with Crippen LogP contribution in [0.25, 0.3) is 0 Å². The number of hydrogen-bond donors (Lipinski definition) is 1. The summed E-state index contributed by atoms with van der Waals surface area (Å²) in [6.45, 7) is 10.0. The number of methoxy groups -OCH3 is 1. The molecule has 1 heterocycles. The van der Waals surface area contributed by atoms with E-state index in [1.54, 1.807) is 26.1 Å². The number of nitrogens with zero attached hydrogens (tertiary/aromatic N) is 4. The molecule has 0 spiro atoms. The van der Waals surface area contributed by atoms with Crippen LogP contribution < -0.4 is 15.0 Å². The third-order valence-electron chi connectivity index (χ3n) is 4.42. The number of benzene rings is 1. The number of halogens is 1. The Morgan fingerprint density at radius 1 is 1.25 bits per heavy atom. The number of likely N-dealkylation sites (N-methyl/N-ethyl adjacent to an activating group) is 1. The Bertz CT molecular complexity index is 685. The summed E-state index contributed by atoms with van der Waals surface area (Å²) in [6.07, 6.45) is 0. The van der Waals surface area contributed by atoms with Crippen molar-refractivity contribution < 1.29 is 9.53 Å². The van der Waals surface area contributed by atoms with Gasteiger partial charge in [0.2, 0.25) is 5.91 Å². The third-order valence-corrected chi connectivity index (χ3v) is 4.42. The van der Waals surface area contributed by atoms with Crippen molar-refractivity contribution in [3.63, 3.8) is 0 Å². The monoisotopic (exact) mass is 501 g/mol. The lowest BCUT2D eigenvalue weighted by Crippen LogP contribution is -2.53. The molecule has 7 nitrogen and oxygen atoms in total. The molecule has 1 aromatic rings. The molecule has 2 rings (SSSR count). The summed E-state index contributed by atoms with van der Waals surface area (Å²) in [7, 11) is 5.18. The van der Waals surface area contributed by atoms with Crippen LogP contribution in [0, 0.1) is 0 Å². The minimum Gasteiger partial charge on any atom is -0.495 e. The van der Waals surface area contributed by atoms with Gasteiger partial charge in [-0.15, -0.1) is 24.0 Å². The number of para-hydroxylation sites is 2. The quantitative estimate of drug-likeness (QED) is 0.280. The van der Waals surface area contributed by atoms with Gasteiger partial charge >= 0.3 is 0 Å². The van der Waals surface area contributed by atoms with E-state index in [1.807, 2.05) is 25.1 Å². The van der Waals surface area contributed by atoms with Gasteiger partial charge in [0.25, 0.3) is 0 Å². The molecule has 1 aromatic carbocycles.